The maximum atomic E-state index is 12.0. The van der Waals surface area contributed by atoms with Crippen molar-refractivity contribution in [3.8, 4) is 5.75 Å². The number of ether oxygens (including phenoxy) is 2. The average molecular weight is 355 g/mol. The molecule has 0 radical (unpaired) electrons. The highest BCUT2D eigenvalue weighted by atomic mass is 16.5. The van der Waals surface area contributed by atoms with Crippen molar-refractivity contribution >= 4 is 17.6 Å². The summed E-state index contributed by atoms with van der Waals surface area (Å²) in [5.41, 5.74) is 2.25. The minimum atomic E-state index is -0.369. The van der Waals surface area contributed by atoms with Gasteiger partial charge in [-0.15, -0.1) is 0 Å². The van der Waals surface area contributed by atoms with Crippen molar-refractivity contribution in [3.05, 3.63) is 59.7 Å². The Balaban J connectivity index is 1.73. The van der Waals surface area contributed by atoms with E-state index in [-0.39, 0.29) is 18.0 Å². The van der Waals surface area contributed by atoms with E-state index in [9.17, 15) is 9.59 Å². The lowest BCUT2D eigenvalue weighted by atomic mass is 10.2. The van der Waals surface area contributed by atoms with E-state index in [4.69, 9.17) is 9.47 Å². The highest BCUT2D eigenvalue weighted by Gasteiger charge is 2.09. The molecule has 1 amide bonds. The molecule has 0 aliphatic carbocycles. The van der Waals surface area contributed by atoms with Gasteiger partial charge in [0, 0.05) is 12.1 Å². The van der Waals surface area contributed by atoms with E-state index in [1.165, 1.54) is 0 Å². The zero-order chi connectivity index (χ0) is 18.9. The topological polar surface area (TPSA) is 64.6 Å². The number of carbonyl (C=O) groups is 2. The Hall–Kier alpha value is -2.82. The molecular formula is C21H25NO4. The molecule has 0 spiro atoms. The number of amides is 1. The number of anilines is 1. The largest absolute Gasteiger partial charge is 0.494 e. The Kier molecular flexibility index (Phi) is 7.21. The van der Waals surface area contributed by atoms with Crippen molar-refractivity contribution in [2.75, 3.05) is 11.9 Å². The maximum Gasteiger partial charge on any atom is 0.338 e. The highest BCUT2D eigenvalue weighted by Crippen LogP contribution is 2.14. The molecule has 1 N–H and O–H groups in total. The molecule has 0 unspecified atom stereocenters. The van der Waals surface area contributed by atoms with Gasteiger partial charge in [0.05, 0.1) is 18.3 Å². The summed E-state index contributed by atoms with van der Waals surface area (Å²) >= 11 is 0. The Labute approximate surface area is 154 Å². The van der Waals surface area contributed by atoms with Crippen molar-refractivity contribution in [2.24, 2.45) is 0 Å². The number of rotatable bonds is 8. The molecule has 2 aromatic rings. The molecule has 0 saturated carbocycles. The minimum Gasteiger partial charge on any atom is -0.494 e. The van der Waals surface area contributed by atoms with Crippen molar-refractivity contribution in [1.29, 1.82) is 0 Å². The van der Waals surface area contributed by atoms with Crippen LogP contribution in [0.4, 0.5) is 5.69 Å². The molecule has 0 atom stereocenters. The number of nitrogens with one attached hydrogen (secondary N) is 1. The van der Waals surface area contributed by atoms with Gasteiger partial charge in [-0.2, -0.15) is 0 Å². The summed E-state index contributed by atoms with van der Waals surface area (Å²) in [4.78, 5) is 23.8. The number of carbonyl (C=O) groups excluding carboxylic acids is 2. The summed E-state index contributed by atoms with van der Waals surface area (Å²) in [6, 6.07) is 14.5. The fraction of sp³-hybridized carbons (Fsp3) is 0.333. The Morgan fingerprint density at radius 3 is 2.46 bits per heavy atom. The van der Waals surface area contributed by atoms with Gasteiger partial charge < -0.3 is 14.8 Å². The number of hydrogen-bond donors (Lipinski definition) is 1. The van der Waals surface area contributed by atoms with Crippen LogP contribution in [0, 0.1) is 6.92 Å². The van der Waals surface area contributed by atoms with Crippen molar-refractivity contribution in [1.82, 2.24) is 0 Å². The number of esters is 1. The lowest BCUT2D eigenvalue weighted by Gasteiger charge is -2.09. The van der Waals surface area contributed by atoms with Gasteiger partial charge in [-0.05, 0) is 69.2 Å². The van der Waals surface area contributed by atoms with Crippen LogP contribution in [0.1, 0.15) is 42.6 Å². The SMILES string of the molecule is Cc1cccc(OCCCC(=O)Nc2ccc(C(=O)OC(C)C)cc2)c1. The molecule has 0 aliphatic heterocycles. The second-order valence-corrected chi connectivity index (χ2v) is 6.35. The smallest absolute Gasteiger partial charge is 0.338 e. The first kappa shape index (κ1) is 19.5. The van der Waals surface area contributed by atoms with Crippen LogP contribution in [0.5, 0.6) is 5.75 Å². The zero-order valence-electron chi connectivity index (χ0n) is 15.5. The van der Waals surface area contributed by atoms with Crippen LogP contribution >= 0.6 is 0 Å². The molecular weight excluding hydrogens is 330 g/mol. The normalized spacial score (nSPS) is 10.5. The third-order valence-corrected chi connectivity index (χ3v) is 3.55. The summed E-state index contributed by atoms with van der Waals surface area (Å²) in [7, 11) is 0. The summed E-state index contributed by atoms with van der Waals surface area (Å²) in [6.07, 6.45) is 0.825. The van der Waals surface area contributed by atoms with Gasteiger partial charge in [0.15, 0.2) is 0 Å². The molecule has 0 heterocycles. The Bertz CT molecular complexity index is 738. The molecule has 26 heavy (non-hydrogen) atoms. The van der Waals surface area contributed by atoms with Crippen LogP contribution in [-0.2, 0) is 9.53 Å². The van der Waals surface area contributed by atoms with Gasteiger partial charge in [0.1, 0.15) is 5.75 Å². The summed E-state index contributed by atoms with van der Waals surface area (Å²) in [5.74, 6) is 0.357. The van der Waals surface area contributed by atoms with Crippen LogP contribution in [-0.4, -0.2) is 24.6 Å². The van der Waals surface area contributed by atoms with Gasteiger partial charge in [-0.1, -0.05) is 12.1 Å². The predicted molar refractivity (Wildman–Crippen MR) is 102 cm³/mol. The van der Waals surface area contributed by atoms with E-state index in [2.05, 4.69) is 5.32 Å². The van der Waals surface area contributed by atoms with Crippen molar-refractivity contribution < 1.29 is 19.1 Å². The molecule has 5 heteroatoms. The lowest BCUT2D eigenvalue weighted by molar-refractivity contribution is -0.116. The fourth-order valence-corrected chi connectivity index (χ4v) is 2.32. The fourth-order valence-electron chi connectivity index (χ4n) is 2.32. The molecule has 2 aromatic carbocycles. The van der Waals surface area contributed by atoms with E-state index < -0.39 is 0 Å². The standard InChI is InChI=1S/C21H25NO4/c1-15(2)26-21(24)17-9-11-18(12-10-17)22-20(23)8-5-13-25-19-7-4-6-16(3)14-19/h4,6-7,9-12,14-15H,5,8,13H2,1-3H3,(H,22,23). The van der Waals surface area contributed by atoms with Crippen LogP contribution in [0.15, 0.2) is 48.5 Å². The first-order chi connectivity index (χ1) is 12.4. The van der Waals surface area contributed by atoms with E-state index in [1.54, 1.807) is 38.1 Å². The van der Waals surface area contributed by atoms with Crippen LogP contribution in [0.25, 0.3) is 0 Å². The van der Waals surface area contributed by atoms with Gasteiger partial charge in [0.2, 0.25) is 5.91 Å². The first-order valence-corrected chi connectivity index (χ1v) is 8.74. The monoisotopic (exact) mass is 355 g/mol. The summed E-state index contributed by atoms with van der Waals surface area (Å²) in [5, 5.41) is 2.81. The van der Waals surface area contributed by atoms with Gasteiger partial charge >= 0.3 is 5.97 Å². The Morgan fingerprint density at radius 2 is 1.81 bits per heavy atom. The summed E-state index contributed by atoms with van der Waals surface area (Å²) in [6.45, 7) is 6.09. The van der Waals surface area contributed by atoms with Gasteiger partial charge in [-0.3, -0.25) is 4.79 Å². The second kappa shape index (κ2) is 9.61. The molecule has 138 valence electrons. The minimum absolute atomic E-state index is 0.0876. The molecule has 0 saturated heterocycles. The number of aryl methyl sites for hydroxylation is 1. The third kappa shape index (κ3) is 6.59. The summed E-state index contributed by atoms with van der Waals surface area (Å²) < 4.78 is 10.8. The predicted octanol–water partition coefficient (Wildman–Crippen LogP) is 4.36. The molecule has 0 aliphatic rings. The van der Waals surface area contributed by atoms with Crippen molar-refractivity contribution in [3.63, 3.8) is 0 Å². The third-order valence-electron chi connectivity index (χ3n) is 3.55. The van der Waals surface area contributed by atoms with E-state index in [0.717, 1.165) is 11.3 Å². The second-order valence-electron chi connectivity index (χ2n) is 6.35. The Morgan fingerprint density at radius 1 is 1.08 bits per heavy atom. The molecule has 0 bridgehead atoms. The number of benzene rings is 2. The maximum absolute atomic E-state index is 12.0. The van der Waals surface area contributed by atoms with Crippen LogP contribution in [0.2, 0.25) is 0 Å². The van der Waals surface area contributed by atoms with Crippen LogP contribution < -0.4 is 10.1 Å². The van der Waals surface area contributed by atoms with E-state index in [1.807, 2.05) is 31.2 Å². The van der Waals surface area contributed by atoms with Crippen molar-refractivity contribution in [2.45, 2.75) is 39.7 Å². The van der Waals surface area contributed by atoms with E-state index in [0.29, 0.717) is 30.7 Å². The number of hydrogen-bond acceptors (Lipinski definition) is 4. The molecule has 0 fully saturated rings. The molecule has 5 nitrogen and oxygen atoms in total. The van der Waals surface area contributed by atoms with Gasteiger partial charge in [0.25, 0.3) is 0 Å². The van der Waals surface area contributed by atoms with E-state index >= 15 is 0 Å². The quantitative estimate of drug-likeness (QED) is 0.564. The lowest BCUT2D eigenvalue weighted by Crippen LogP contribution is -2.14. The molecule has 2 rings (SSSR count). The van der Waals surface area contributed by atoms with Gasteiger partial charge in [-0.25, -0.2) is 4.79 Å². The highest BCUT2D eigenvalue weighted by molar-refractivity contribution is 5.93. The van der Waals surface area contributed by atoms with Crippen LogP contribution in [0.3, 0.4) is 0 Å². The zero-order valence-corrected chi connectivity index (χ0v) is 15.5. The molecule has 0 aromatic heterocycles. The average Bonchev–Trinajstić information content (AvgIpc) is 2.59. The first-order valence-electron chi connectivity index (χ1n) is 8.74.